The standard InChI is InChI=1S/C27H24FN5O4/c1-26(25(29)35)14-37-23-19(26)12-21(32-22(23)15-3-6-18(28)7-4-15)27(2,36)13-30-24(34)17-5-8-20-16(11-17)9-10-31-33-20/h3-12,36H,13-14H2,1-2H3,(H2,29,35)(H,30,34)/t26-,27-/m0/s1. The van der Waals surface area contributed by atoms with Gasteiger partial charge >= 0.3 is 0 Å². The van der Waals surface area contributed by atoms with Crippen LogP contribution >= 0.6 is 0 Å². The Kier molecular flexibility index (Phi) is 5.83. The first kappa shape index (κ1) is 24.3. The van der Waals surface area contributed by atoms with Gasteiger partial charge in [0.1, 0.15) is 34.9 Å². The Labute approximate surface area is 211 Å². The van der Waals surface area contributed by atoms with Crippen molar-refractivity contribution in [2.75, 3.05) is 13.2 Å². The van der Waals surface area contributed by atoms with Crippen LogP contribution in [0.5, 0.6) is 5.75 Å². The van der Waals surface area contributed by atoms with Crippen LogP contribution in [0.4, 0.5) is 4.39 Å². The fourth-order valence-electron chi connectivity index (χ4n) is 4.24. The summed E-state index contributed by atoms with van der Waals surface area (Å²) in [6.07, 6.45) is 1.54. The molecular weight excluding hydrogens is 477 g/mol. The number of aromatic nitrogens is 3. The molecule has 3 heterocycles. The second-order valence-corrected chi connectivity index (χ2v) is 9.49. The zero-order valence-electron chi connectivity index (χ0n) is 20.2. The molecule has 2 amide bonds. The molecule has 0 saturated heterocycles. The summed E-state index contributed by atoms with van der Waals surface area (Å²) in [6, 6.07) is 14.0. The maximum absolute atomic E-state index is 13.6. The molecule has 0 aliphatic carbocycles. The van der Waals surface area contributed by atoms with E-state index in [0.29, 0.717) is 33.7 Å². The number of nitrogens with two attached hydrogens (primary N) is 1. The van der Waals surface area contributed by atoms with Gasteiger partial charge < -0.3 is 20.9 Å². The highest BCUT2D eigenvalue weighted by atomic mass is 19.1. The molecule has 2 atom stereocenters. The quantitative estimate of drug-likeness (QED) is 0.369. The average molecular weight is 502 g/mol. The highest BCUT2D eigenvalue weighted by Crippen LogP contribution is 2.45. The number of primary amides is 1. The van der Waals surface area contributed by atoms with E-state index in [1.807, 2.05) is 0 Å². The first-order valence-corrected chi connectivity index (χ1v) is 11.6. The molecule has 1 aliphatic rings. The number of nitrogens with one attached hydrogen (secondary N) is 1. The summed E-state index contributed by atoms with van der Waals surface area (Å²) < 4.78 is 19.4. The minimum atomic E-state index is -1.64. The molecule has 4 aromatic rings. The lowest BCUT2D eigenvalue weighted by Gasteiger charge is -2.26. The smallest absolute Gasteiger partial charge is 0.251 e. The van der Waals surface area contributed by atoms with Crippen LogP contribution in [0.15, 0.2) is 60.8 Å². The van der Waals surface area contributed by atoms with Gasteiger partial charge in [0, 0.05) is 22.1 Å². The summed E-state index contributed by atoms with van der Waals surface area (Å²) in [7, 11) is 0. The highest BCUT2D eigenvalue weighted by Gasteiger charge is 2.45. The van der Waals surface area contributed by atoms with E-state index < -0.39 is 28.6 Å². The Bertz CT molecular complexity index is 1540. The number of rotatable bonds is 6. The molecule has 5 rings (SSSR count). The van der Waals surface area contributed by atoms with Crippen LogP contribution in [0.1, 0.15) is 35.5 Å². The summed E-state index contributed by atoms with van der Waals surface area (Å²) in [4.78, 5) is 29.8. The molecule has 188 valence electrons. The van der Waals surface area contributed by atoms with E-state index in [-0.39, 0.29) is 18.8 Å². The highest BCUT2D eigenvalue weighted by molar-refractivity contribution is 5.97. The van der Waals surface area contributed by atoms with Crippen molar-refractivity contribution in [1.82, 2.24) is 20.5 Å². The van der Waals surface area contributed by atoms with Crippen molar-refractivity contribution in [2.24, 2.45) is 5.73 Å². The number of ether oxygens (including phenoxy) is 1. The SMILES string of the molecule is C[C@](O)(CNC(=O)c1ccc2nnccc2c1)c1cc2c(c(-c3ccc(F)cc3)n1)OC[C@]2(C)C(N)=O. The lowest BCUT2D eigenvalue weighted by Crippen LogP contribution is -2.41. The number of fused-ring (bicyclic) bond motifs is 2. The monoisotopic (exact) mass is 501 g/mol. The second-order valence-electron chi connectivity index (χ2n) is 9.49. The Balaban J connectivity index is 1.49. The van der Waals surface area contributed by atoms with Crippen LogP contribution in [-0.2, 0) is 15.8 Å². The van der Waals surface area contributed by atoms with Gasteiger partial charge in [-0.05, 0) is 68.4 Å². The van der Waals surface area contributed by atoms with Gasteiger partial charge in [0.15, 0.2) is 0 Å². The molecule has 9 nitrogen and oxygen atoms in total. The van der Waals surface area contributed by atoms with E-state index in [2.05, 4.69) is 20.5 Å². The van der Waals surface area contributed by atoms with Crippen molar-refractivity contribution in [3.8, 4) is 17.0 Å². The number of amides is 2. The van der Waals surface area contributed by atoms with Crippen LogP contribution in [0.25, 0.3) is 22.2 Å². The third kappa shape index (κ3) is 4.36. The zero-order chi connectivity index (χ0) is 26.4. The van der Waals surface area contributed by atoms with E-state index in [1.54, 1.807) is 37.3 Å². The molecule has 4 N–H and O–H groups in total. The third-order valence-corrected chi connectivity index (χ3v) is 6.66. The Morgan fingerprint density at radius 2 is 1.95 bits per heavy atom. The fourth-order valence-corrected chi connectivity index (χ4v) is 4.24. The first-order valence-electron chi connectivity index (χ1n) is 11.6. The number of benzene rings is 2. The summed E-state index contributed by atoms with van der Waals surface area (Å²) in [5.74, 6) is -1.07. The number of aliphatic hydroxyl groups is 1. The van der Waals surface area contributed by atoms with Gasteiger partial charge in [-0.1, -0.05) is 0 Å². The first-order chi connectivity index (χ1) is 17.6. The summed E-state index contributed by atoms with van der Waals surface area (Å²) in [6.45, 7) is 2.98. The van der Waals surface area contributed by atoms with E-state index in [4.69, 9.17) is 10.5 Å². The van der Waals surface area contributed by atoms with Gasteiger partial charge in [-0.2, -0.15) is 10.2 Å². The average Bonchev–Trinajstić information content (AvgIpc) is 3.25. The lowest BCUT2D eigenvalue weighted by molar-refractivity contribution is -0.123. The molecule has 1 aliphatic heterocycles. The number of pyridine rings is 1. The second kappa shape index (κ2) is 8.90. The van der Waals surface area contributed by atoms with Crippen molar-refractivity contribution in [3.63, 3.8) is 0 Å². The number of hydrogen-bond donors (Lipinski definition) is 3. The molecule has 0 unspecified atom stereocenters. The van der Waals surface area contributed by atoms with E-state index in [9.17, 15) is 19.1 Å². The normalized spacial score (nSPS) is 18.1. The van der Waals surface area contributed by atoms with Crippen molar-refractivity contribution >= 4 is 22.7 Å². The largest absolute Gasteiger partial charge is 0.489 e. The molecular formula is C27H24FN5O4. The predicted molar refractivity (Wildman–Crippen MR) is 133 cm³/mol. The van der Waals surface area contributed by atoms with Gasteiger partial charge in [0.25, 0.3) is 5.91 Å². The third-order valence-electron chi connectivity index (χ3n) is 6.66. The van der Waals surface area contributed by atoms with Crippen molar-refractivity contribution in [3.05, 3.63) is 83.4 Å². The Morgan fingerprint density at radius 3 is 2.68 bits per heavy atom. The van der Waals surface area contributed by atoms with Crippen LogP contribution in [0.3, 0.4) is 0 Å². The zero-order valence-corrected chi connectivity index (χ0v) is 20.2. The number of hydrogen-bond acceptors (Lipinski definition) is 7. The molecule has 0 fully saturated rings. The molecule has 0 bridgehead atoms. The summed E-state index contributed by atoms with van der Waals surface area (Å²) in [5.41, 5.74) is 5.47. The predicted octanol–water partition coefficient (Wildman–Crippen LogP) is 2.60. The van der Waals surface area contributed by atoms with Crippen LogP contribution in [0, 0.1) is 5.82 Å². The summed E-state index contributed by atoms with van der Waals surface area (Å²) >= 11 is 0. The van der Waals surface area contributed by atoms with Gasteiger partial charge in [0.05, 0.1) is 24.0 Å². The number of nitrogens with zero attached hydrogens (tertiary/aromatic N) is 3. The maximum Gasteiger partial charge on any atom is 0.251 e. The number of carbonyl (C=O) groups excluding carboxylic acids is 2. The minimum absolute atomic E-state index is 0.00220. The maximum atomic E-state index is 13.6. The van der Waals surface area contributed by atoms with E-state index >= 15 is 0 Å². The van der Waals surface area contributed by atoms with Gasteiger partial charge in [-0.15, -0.1) is 0 Å². The van der Waals surface area contributed by atoms with Crippen LogP contribution in [-0.4, -0.2) is 45.3 Å². The number of halogens is 1. The van der Waals surface area contributed by atoms with Crippen molar-refractivity contribution in [1.29, 1.82) is 0 Å². The molecule has 37 heavy (non-hydrogen) atoms. The van der Waals surface area contributed by atoms with Crippen molar-refractivity contribution < 1.29 is 23.8 Å². The van der Waals surface area contributed by atoms with E-state index in [0.717, 1.165) is 5.39 Å². The topological polar surface area (TPSA) is 140 Å². The summed E-state index contributed by atoms with van der Waals surface area (Å²) in [5, 5.41) is 22.7. The fraction of sp³-hybridized carbons (Fsp3) is 0.222. The van der Waals surface area contributed by atoms with Crippen molar-refractivity contribution in [2.45, 2.75) is 24.9 Å². The van der Waals surface area contributed by atoms with E-state index in [1.165, 1.54) is 37.4 Å². The molecule has 2 aromatic carbocycles. The lowest BCUT2D eigenvalue weighted by atomic mass is 9.82. The van der Waals surface area contributed by atoms with Gasteiger partial charge in [-0.25, -0.2) is 9.37 Å². The van der Waals surface area contributed by atoms with Crippen LogP contribution in [0.2, 0.25) is 0 Å². The van der Waals surface area contributed by atoms with Gasteiger partial charge in [0.2, 0.25) is 5.91 Å². The Morgan fingerprint density at radius 1 is 1.19 bits per heavy atom. The number of carbonyl (C=O) groups is 2. The molecule has 0 spiro atoms. The molecule has 0 radical (unpaired) electrons. The molecule has 10 heteroatoms. The minimum Gasteiger partial charge on any atom is -0.489 e. The van der Waals surface area contributed by atoms with Crippen LogP contribution < -0.4 is 15.8 Å². The van der Waals surface area contributed by atoms with Gasteiger partial charge in [-0.3, -0.25) is 9.59 Å². The Hall–Kier alpha value is -4.44. The molecule has 2 aromatic heterocycles. The molecule has 0 saturated carbocycles.